The fraction of sp³-hybridized carbons (Fsp3) is 0.300. The fourth-order valence-electron chi connectivity index (χ4n) is 5.39. The zero-order valence-electron chi connectivity index (χ0n) is 23.1. The molecule has 1 aliphatic carbocycles. The minimum atomic E-state index is -0.496. The number of carbonyl (C=O) groups is 1. The molecule has 6 rings (SSSR count). The molecule has 1 atom stereocenters. The minimum absolute atomic E-state index is 0.0142. The number of oxime groups is 1. The van der Waals surface area contributed by atoms with E-state index in [4.69, 9.17) is 35.6 Å². The molecule has 2 aliphatic rings. The Morgan fingerprint density at radius 1 is 1.15 bits per heavy atom. The number of nitrogens with zero attached hydrogens (tertiary/aromatic N) is 5. The number of carbonyl (C=O) groups excluding carboxylic acids is 1. The molecule has 11 heteroatoms. The largest absolute Gasteiger partial charge is 0.493 e. The molecule has 2 aromatic carbocycles. The molecule has 2 aromatic heterocycles. The number of methoxy groups -OCH3 is 2. The molecule has 3 heterocycles. The standard InChI is InChI=1S/C30H28ClN5O5/c1-30(2)12-20(37)26-23(13-30)41-29-27(25(26)17-9-10-21(38-3)22(11-17)39-4)28-34-24(35-36(28)16-32-29)15-40-33-14-18-7-5-6-8-19(18)31/h5-11,14,16,25H,12-13,15H2,1-4H3. The number of hydrogen-bond acceptors (Lipinski definition) is 9. The van der Waals surface area contributed by atoms with E-state index >= 15 is 0 Å². The van der Waals surface area contributed by atoms with Gasteiger partial charge in [0.15, 0.2) is 35.4 Å². The van der Waals surface area contributed by atoms with Crippen molar-refractivity contribution in [1.29, 1.82) is 0 Å². The monoisotopic (exact) mass is 573 g/mol. The van der Waals surface area contributed by atoms with E-state index in [2.05, 4.69) is 29.1 Å². The molecule has 1 aliphatic heterocycles. The van der Waals surface area contributed by atoms with Crippen molar-refractivity contribution in [1.82, 2.24) is 19.6 Å². The maximum absolute atomic E-state index is 13.7. The van der Waals surface area contributed by atoms with Crippen LogP contribution in [0.5, 0.6) is 17.4 Å². The first kappa shape index (κ1) is 26.8. The molecule has 1 unspecified atom stereocenters. The Morgan fingerprint density at radius 2 is 1.95 bits per heavy atom. The van der Waals surface area contributed by atoms with Crippen LogP contribution in [0, 0.1) is 5.41 Å². The first-order chi connectivity index (χ1) is 19.8. The van der Waals surface area contributed by atoms with E-state index in [9.17, 15) is 4.79 Å². The van der Waals surface area contributed by atoms with E-state index in [0.29, 0.717) is 63.6 Å². The molecule has 0 spiro atoms. The fourth-order valence-corrected chi connectivity index (χ4v) is 5.57. The maximum Gasteiger partial charge on any atom is 0.228 e. The lowest BCUT2D eigenvalue weighted by Gasteiger charge is -2.37. The number of Topliss-reactive ketones (excluding diaryl/α,β-unsaturated/α-hetero) is 1. The van der Waals surface area contributed by atoms with Gasteiger partial charge in [-0.3, -0.25) is 4.79 Å². The van der Waals surface area contributed by atoms with Crippen LogP contribution in [0.4, 0.5) is 0 Å². The van der Waals surface area contributed by atoms with E-state index in [0.717, 1.165) is 11.1 Å². The van der Waals surface area contributed by atoms with Crippen molar-refractivity contribution in [2.75, 3.05) is 14.2 Å². The van der Waals surface area contributed by atoms with Crippen molar-refractivity contribution in [2.24, 2.45) is 10.6 Å². The molecule has 4 aromatic rings. The summed E-state index contributed by atoms with van der Waals surface area (Å²) < 4.78 is 18.9. The molecule has 0 saturated carbocycles. The Balaban J connectivity index is 1.41. The lowest BCUT2D eigenvalue weighted by molar-refractivity contribution is -0.118. The first-order valence-corrected chi connectivity index (χ1v) is 13.5. The van der Waals surface area contributed by atoms with Gasteiger partial charge in [0, 0.05) is 29.0 Å². The highest BCUT2D eigenvalue weighted by Crippen LogP contribution is 2.51. The highest BCUT2D eigenvalue weighted by atomic mass is 35.5. The molecule has 0 amide bonds. The van der Waals surface area contributed by atoms with Crippen LogP contribution in [0.15, 0.2) is 65.3 Å². The lowest BCUT2D eigenvalue weighted by atomic mass is 9.70. The summed E-state index contributed by atoms with van der Waals surface area (Å²) in [4.78, 5) is 28.5. The summed E-state index contributed by atoms with van der Waals surface area (Å²) >= 11 is 6.18. The van der Waals surface area contributed by atoms with Gasteiger partial charge in [-0.15, -0.1) is 5.10 Å². The molecule has 0 saturated heterocycles. The van der Waals surface area contributed by atoms with E-state index in [-0.39, 0.29) is 17.8 Å². The van der Waals surface area contributed by atoms with E-state index in [1.54, 1.807) is 31.1 Å². The first-order valence-electron chi connectivity index (χ1n) is 13.1. The van der Waals surface area contributed by atoms with Crippen LogP contribution in [0.3, 0.4) is 0 Å². The van der Waals surface area contributed by atoms with E-state index in [1.165, 1.54) is 6.21 Å². The van der Waals surface area contributed by atoms with Crippen LogP contribution in [-0.2, 0) is 16.2 Å². The zero-order valence-corrected chi connectivity index (χ0v) is 23.8. The molecule has 10 nitrogen and oxygen atoms in total. The Kier molecular flexibility index (Phi) is 6.86. The molecular weight excluding hydrogens is 546 g/mol. The number of fused-ring (bicyclic) bond motifs is 3. The van der Waals surface area contributed by atoms with Gasteiger partial charge in [0.25, 0.3) is 0 Å². The third kappa shape index (κ3) is 4.99. The normalized spacial score (nSPS) is 17.8. The summed E-state index contributed by atoms with van der Waals surface area (Å²) in [6.45, 7) is 4.14. The average molecular weight is 574 g/mol. The molecule has 0 fully saturated rings. The van der Waals surface area contributed by atoms with Crippen molar-refractivity contribution < 1.29 is 23.8 Å². The van der Waals surface area contributed by atoms with E-state index in [1.807, 2.05) is 36.4 Å². The number of hydrogen-bond donors (Lipinski definition) is 0. The number of aromatic nitrogens is 4. The topological polar surface area (TPSA) is 109 Å². The average Bonchev–Trinajstić information content (AvgIpc) is 3.37. The van der Waals surface area contributed by atoms with Crippen LogP contribution in [0.25, 0.3) is 5.65 Å². The van der Waals surface area contributed by atoms with Crippen LogP contribution in [0.2, 0.25) is 5.02 Å². The Hall–Kier alpha value is -4.44. The van der Waals surface area contributed by atoms with Gasteiger partial charge in [-0.2, -0.15) is 0 Å². The van der Waals surface area contributed by atoms with Crippen molar-refractivity contribution in [2.45, 2.75) is 39.2 Å². The summed E-state index contributed by atoms with van der Waals surface area (Å²) in [6.07, 6.45) is 4.09. The van der Waals surface area contributed by atoms with Gasteiger partial charge in [-0.1, -0.05) is 54.9 Å². The third-order valence-corrected chi connectivity index (χ3v) is 7.56. The summed E-state index contributed by atoms with van der Waals surface area (Å²) in [6, 6.07) is 12.9. The summed E-state index contributed by atoms with van der Waals surface area (Å²) in [5.74, 6) is 2.08. The summed E-state index contributed by atoms with van der Waals surface area (Å²) in [7, 11) is 3.16. The van der Waals surface area contributed by atoms with Gasteiger partial charge in [0.05, 0.1) is 31.9 Å². The van der Waals surface area contributed by atoms with Gasteiger partial charge < -0.3 is 19.0 Å². The van der Waals surface area contributed by atoms with Gasteiger partial charge >= 0.3 is 0 Å². The second-order valence-corrected chi connectivity index (χ2v) is 11.1. The van der Waals surface area contributed by atoms with Crippen LogP contribution < -0.4 is 14.2 Å². The van der Waals surface area contributed by atoms with Crippen LogP contribution in [-0.4, -0.2) is 45.8 Å². The van der Waals surface area contributed by atoms with Crippen molar-refractivity contribution >= 4 is 29.2 Å². The zero-order chi connectivity index (χ0) is 28.7. The van der Waals surface area contributed by atoms with Crippen molar-refractivity contribution in [3.63, 3.8) is 0 Å². The third-order valence-electron chi connectivity index (χ3n) is 7.21. The number of ketones is 1. The number of halogens is 1. The van der Waals surface area contributed by atoms with Gasteiger partial charge in [-0.25, -0.2) is 14.5 Å². The van der Waals surface area contributed by atoms with E-state index < -0.39 is 5.92 Å². The highest BCUT2D eigenvalue weighted by molar-refractivity contribution is 6.33. The maximum atomic E-state index is 13.7. The molecule has 0 bridgehead atoms. The molecule has 0 radical (unpaired) electrons. The number of benzene rings is 2. The Morgan fingerprint density at radius 3 is 2.73 bits per heavy atom. The molecule has 0 N–H and O–H groups in total. The van der Waals surface area contributed by atoms with Crippen LogP contribution in [0.1, 0.15) is 55.1 Å². The van der Waals surface area contributed by atoms with Gasteiger partial charge in [0.2, 0.25) is 5.88 Å². The van der Waals surface area contributed by atoms with Crippen LogP contribution >= 0.6 is 11.6 Å². The molecule has 210 valence electrons. The number of allylic oxidation sites excluding steroid dienone is 2. The predicted molar refractivity (Wildman–Crippen MR) is 152 cm³/mol. The second kappa shape index (κ2) is 10.5. The lowest BCUT2D eigenvalue weighted by Crippen LogP contribution is -2.33. The van der Waals surface area contributed by atoms with Gasteiger partial charge in [0.1, 0.15) is 12.1 Å². The van der Waals surface area contributed by atoms with Crippen molar-refractivity contribution in [3.05, 3.63) is 87.7 Å². The SMILES string of the molecule is COc1ccc(C2C3=C(CC(C)(C)CC3=O)Oc3ncn4nc(CON=Cc5ccccc5Cl)nc4c32)cc1OC. The molecular formula is C30H28ClN5O5. The Bertz CT molecular complexity index is 1730. The highest BCUT2D eigenvalue weighted by Gasteiger charge is 2.44. The summed E-state index contributed by atoms with van der Waals surface area (Å²) in [5, 5.41) is 9.12. The number of rotatable bonds is 7. The van der Waals surface area contributed by atoms with Crippen molar-refractivity contribution in [3.8, 4) is 17.4 Å². The predicted octanol–water partition coefficient (Wildman–Crippen LogP) is 5.51. The number of ether oxygens (including phenoxy) is 3. The smallest absolute Gasteiger partial charge is 0.228 e. The van der Waals surface area contributed by atoms with Gasteiger partial charge in [-0.05, 0) is 29.2 Å². The molecule has 41 heavy (non-hydrogen) atoms. The minimum Gasteiger partial charge on any atom is -0.493 e. The second-order valence-electron chi connectivity index (χ2n) is 10.7. The quantitative estimate of drug-likeness (QED) is 0.210. The summed E-state index contributed by atoms with van der Waals surface area (Å²) in [5.41, 5.74) is 3.08. The Labute approximate surface area is 241 Å².